The molecule has 15 heavy (non-hydrogen) atoms. The standard InChI is InChI=1S/C13H19NO/c1-10(2)14-9-15-8-13-11(3)6-5-7-12(13)4/h5-7H,8-9H2,1-4H3. The van der Waals surface area contributed by atoms with E-state index in [0.717, 1.165) is 5.71 Å². The van der Waals surface area contributed by atoms with Gasteiger partial charge in [0, 0.05) is 5.71 Å². The number of ether oxygens (including phenoxy) is 1. The summed E-state index contributed by atoms with van der Waals surface area (Å²) in [5.41, 5.74) is 4.90. The molecule has 1 rings (SSSR count). The Morgan fingerprint density at radius 2 is 1.80 bits per heavy atom. The average molecular weight is 205 g/mol. The van der Waals surface area contributed by atoms with Gasteiger partial charge in [-0.1, -0.05) is 18.2 Å². The third kappa shape index (κ3) is 3.84. The Kier molecular flexibility index (Phi) is 4.50. The molecule has 0 amide bonds. The van der Waals surface area contributed by atoms with E-state index in [4.69, 9.17) is 4.74 Å². The minimum atomic E-state index is 0.454. The lowest BCUT2D eigenvalue weighted by Crippen LogP contribution is -1.99. The van der Waals surface area contributed by atoms with E-state index in [1.807, 2.05) is 13.8 Å². The molecule has 0 bridgehead atoms. The van der Waals surface area contributed by atoms with Crippen LogP contribution in [0.15, 0.2) is 23.2 Å². The van der Waals surface area contributed by atoms with Crippen LogP contribution in [-0.4, -0.2) is 12.4 Å². The second kappa shape index (κ2) is 5.66. The molecule has 0 aliphatic heterocycles. The lowest BCUT2D eigenvalue weighted by Gasteiger charge is -2.09. The molecule has 0 heterocycles. The normalized spacial score (nSPS) is 10.1. The minimum absolute atomic E-state index is 0.454. The Hall–Kier alpha value is -1.15. The summed E-state index contributed by atoms with van der Waals surface area (Å²) in [5.74, 6) is 0. The van der Waals surface area contributed by atoms with Gasteiger partial charge < -0.3 is 4.74 Å². The molecule has 1 aromatic rings. The van der Waals surface area contributed by atoms with Gasteiger partial charge in [0.2, 0.25) is 0 Å². The fourth-order valence-electron chi connectivity index (χ4n) is 1.40. The molecule has 0 saturated carbocycles. The number of aryl methyl sites for hydroxylation is 2. The van der Waals surface area contributed by atoms with Gasteiger partial charge in [-0.2, -0.15) is 0 Å². The smallest absolute Gasteiger partial charge is 0.137 e. The topological polar surface area (TPSA) is 21.6 Å². The predicted molar refractivity (Wildman–Crippen MR) is 64.4 cm³/mol. The van der Waals surface area contributed by atoms with Gasteiger partial charge in [-0.3, -0.25) is 4.99 Å². The number of hydrogen-bond donors (Lipinski definition) is 0. The minimum Gasteiger partial charge on any atom is -0.355 e. The molecule has 0 aromatic heterocycles. The zero-order chi connectivity index (χ0) is 11.3. The largest absolute Gasteiger partial charge is 0.355 e. The summed E-state index contributed by atoms with van der Waals surface area (Å²) in [7, 11) is 0. The molecule has 0 atom stereocenters. The summed E-state index contributed by atoms with van der Waals surface area (Å²) in [5, 5.41) is 0. The number of aliphatic imine (C=N–C) groups is 1. The maximum atomic E-state index is 5.50. The van der Waals surface area contributed by atoms with Crippen LogP contribution in [0.3, 0.4) is 0 Å². The van der Waals surface area contributed by atoms with Crippen molar-refractivity contribution in [1.29, 1.82) is 0 Å². The summed E-state index contributed by atoms with van der Waals surface area (Å²) in [6, 6.07) is 6.29. The summed E-state index contributed by atoms with van der Waals surface area (Å²) in [6.07, 6.45) is 0. The molecule has 2 heteroatoms. The van der Waals surface area contributed by atoms with Crippen molar-refractivity contribution in [1.82, 2.24) is 0 Å². The first-order valence-corrected chi connectivity index (χ1v) is 5.21. The average Bonchev–Trinajstić information content (AvgIpc) is 2.15. The van der Waals surface area contributed by atoms with Crippen LogP contribution in [-0.2, 0) is 11.3 Å². The highest BCUT2D eigenvalue weighted by Gasteiger charge is 2.00. The monoisotopic (exact) mass is 205 g/mol. The molecule has 2 nitrogen and oxygen atoms in total. The van der Waals surface area contributed by atoms with E-state index in [9.17, 15) is 0 Å². The first-order valence-electron chi connectivity index (χ1n) is 5.21. The molecular weight excluding hydrogens is 186 g/mol. The van der Waals surface area contributed by atoms with Crippen LogP contribution in [0.2, 0.25) is 0 Å². The Morgan fingerprint density at radius 3 is 2.33 bits per heavy atom. The van der Waals surface area contributed by atoms with Crippen LogP contribution in [0, 0.1) is 13.8 Å². The van der Waals surface area contributed by atoms with Gasteiger partial charge in [0.1, 0.15) is 6.73 Å². The lowest BCUT2D eigenvalue weighted by molar-refractivity contribution is 0.128. The molecule has 0 unspecified atom stereocenters. The van der Waals surface area contributed by atoms with Gasteiger partial charge >= 0.3 is 0 Å². The highest BCUT2D eigenvalue weighted by molar-refractivity contribution is 5.78. The first-order chi connectivity index (χ1) is 7.11. The molecule has 0 spiro atoms. The highest BCUT2D eigenvalue weighted by Crippen LogP contribution is 2.14. The van der Waals surface area contributed by atoms with Crippen molar-refractivity contribution in [3.63, 3.8) is 0 Å². The molecule has 0 fully saturated rings. The quantitative estimate of drug-likeness (QED) is 0.546. The Labute approximate surface area is 92.0 Å². The van der Waals surface area contributed by atoms with Crippen molar-refractivity contribution in [3.8, 4) is 0 Å². The Morgan fingerprint density at radius 1 is 1.20 bits per heavy atom. The first kappa shape index (κ1) is 11.9. The van der Waals surface area contributed by atoms with Crippen molar-refractivity contribution in [2.45, 2.75) is 34.3 Å². The lowest BCUT2D eigenvalue weighted by atomic mass is 10.0. The van der Waals surface area contributed by atoms with E-state index in [1.54, 1.807) is 0 Å². The van der Waals surface area contributed by atoms with Gasteiger partial charge in [0.25, 0.3) is 0 Å². The van der Waals surface area contributed by atoms with Crippen molar-refractivity contribution < 1.29 is 4.74 Å². The van der Waals surface area contributed by atoms with Crippen molar-refractivity contribution in [2.75, 3.05) is 6.73 Å². The zero-order valence-electron chi connectivity index (χ0n) is 10.0. The van der Waals surface area contributed by atoms with E-state index >= 15 is 0 Å². The summed E-state index contributed by atoms with van der Waals surface area (Å²) in [4.78, 5) is 4.19. The molecule has 0 N–H and O–H groups in total. The molecule has 0 aliphatic carbocycles. The van der Waals surface area contributed by atoms with E-state index in [-0.39, 0.29) is 0 Å². The van der Waals surface area contributed by atoms with Gasteiger partial charge in [-0.15, -0.1) is 0 Å². The van der Waals surface area contributed by atoms with Crippen LogP contribution in [0.1, 0.15) is 30.5 Å². The highest BCUT2D eigenvalue weighted by atomic mass is 16.5. The Balaban J connectivity index is 2.54. The third-order valence-electron chi connectivity index (χ3n) is 2.36. The fourth-order valence-corrected chi connectivity index (χ4v) is 1.40. The second-order valence-corrected chi connectivity index (χ2v) is 3.95. The third-order valence-corrected chi connectivity index (χ3v) is 2.36. The maximum absolute atomic E-state index is 5.50. The number of nitrogens with zero attached hydrogens (tertiary/aromatic N) is 1. The van der Waals surface area contributed by atoms with Crippen LogP contribution in [0.5, 0.6) is 0 Å². The van der Waals surface area contributed by atoms with E-state index in [2.05, 4.69) is 37.0 Å². The van der Waals surface area contributed by atoms with Gasteiger partial charge in [-0.25, -0.2) is 0 Å². The second-order valence-electron chi connectivity index (χ2n) is 3.95. The molecule has 0 radical (unpaired) electrons. The van der Waals surface area contributed by atoms with Gasteiger partial charge in [0.05, 0.1) is 6.61 Å². The molecule has 0 saturated heterocycles. The van der Waals surface area contributed by atoms with E-state index < -0.39 is 0 Å². The molecular formula is C13H19NO. The van der Waals surface area contributed by atoms with Crippen LogP contribution >= 0.6 is 0 Å². The SMILES string of the molecule is CC(C)=NCOCc1c(C)cccc1C. The fraction of sp³-hybridized carbons (Fsp3) is 0.462. The van der Waals surface area contributed by atoms with Crippen LogP contribution < -0.4 is 0 Å². The van der Waals surface area contributed by atoms with Crippen LogP contribution in [0.4, 0.5) is 0 Å². The molecule has 1 aromatic carbocycles. The van der Waals surface area contributed by atoms with Crippen molar-refractivity contribution in [2.24, 2.45) is 4.99 Å². The van der Waals surface area contributed by atoms with E-state index in [1.165, 1.54) is 16.7 Å². The van der Waals surface area contributed by atoms with Gasteiger partial charge in [0.15, 0.2) is 0 Å². The predicted octanol–water partition coefficient (Wildman–Crippen LogP) is 3.26. The number of rotatable bonds is 4. The number of benzene rings is 1. The van der Waals surface area contributed by atoms with Crippen molar-refractivity contribution >= 4 is 5.71 Å². The zero-order valence-corrected chi connectivity index (χ0v) is 10.0. The summed E-state index contributed by atoms with van der Waals surface area (Å²) >= 11 is 0. The number of hydrogen-bond acceptors (Lipinski definition) is 2. The summed E-state index contributed by atoms with van der Waals surface area (Å²) < 4.78 is 5.50. The maximum Gasteiger partial charge on any atom is 0.137 e. The molecule has 82 valence electrons. The van der Waals surface area contributed by atoms with Gasteiger partial charge in [-0.05, 0) is 44.4 Å². The Bertz CT molecular complexity index is 331. The van der Waals surface area contributed by atoms with Crippen LogP contribution in [0.25, 0.3) is 0 Å². The molecule has 0 aliphatic rings. The van der Waals surface area contributed by atoms with E-state index in [0.29, 0.717) is 13.3 Å². The summed E-state index contributed by atoms with van der Waals surface area (Å²) in [6.45, 7) is 9.27. The van der Waals surface area contributed by atoms with Crippen molar-refractivity contribution in [3.05, 3.63) is 34.9 Å².